The van der Waals surface area contributed by atoms with Gasteiger partial charge in [-0.1, -0.05) is 17.4 Å². The average Bonchev–Trinajstić information content (AvgIpc) is 2.96. The monoisotopic (exact) mass is 362 g/mol. The molecule has 0 atom stereocenters. The molecular weight excluding hydrogens is 350 g/mol. The Bertz CT molecular complexity index is 951. The van der Waals surface area contributed by atoms with E-state index in [0.717, 1.165) is 23.5 Å². The van der Waals surface area contributed by atoms with E-state index in [1.54, 1.807) is 25.1 Å². The van der Waals surface area contributed by atoms with Crippen LogP contribution in [-0.4, -0.2) is 23.5 Å². The van der Waals surface area contributed by atoms with Gasteiger partial charge in [0.1, 0.15) is 17.2 Å². The number of ether oxygens (including phenoxy) is 1. The number of aromatic nitrogens is 1. The second-order valence-corrected chi connectivity index (χ2v) is 6.00. The molecule has 1 N–H and O–H groups in total. The van der Waals surface area contributed by atoms with E-state index in [0.29, 0.717) is 15.8 Å². The van der Waals surface area contributed by atoms with Crippen molar-refractivity contribution < 1.29 is 23.1 Å². The van der Waals surface area contributed by atoms with Gasteiger partial charge in [-0.15, -0.1) is 0 Å². The van der Waals surface area contributed by atoms with E-state index in [1.165, 1.54) is 6.07 Å². The first-order chi connectivity index (χ1) is 12.0. The molecule has 1 amide bonds. The van der Waals surface area contributed by atoms with Crippen LogP contribution in [0.15, 0.2) is 36.4 Å². The molecule has 0 spiro atoms. The maximum atomic E-state index is 13.7. The highest BCUT2D eigenvalue weighted by Gasteiger charge is 2.19. The average molecular weight is 362 g/mol. The molecule has 1 heterocycles. The van der Waals surface area contributed by atoms with Gasteiger partial charge in [-0.25, -0.2) is 18.6 Å². The van der Waals surface area contributed by atoms with E-state index in [4.69, 9.17) is 4.74 Å². The van der Waals surface area contributed by atoms with Crippen molar-refractivity contribution in [1.29, 1.82) is 0 Å². The van der Waals surface area contributed by atoms with E-state index < -0.39 is 29.1 Å². The van der Waals surface area contributed by atoms with Crippen LogP contribution < -0.4 is 5.32 Å². The third-order valence-corrected chi connectivity index (χ3v) is 4.24. The van der Waals surface area contributed by atoms with Crippen molar-refractivity contribution >= 4 is 38.6 Å². The largest absolute Gasteiger partial charge is 0.462 e. The molecule has 25 heavy (non-hydrogen) atoms. The van der Waals surface area contributed by atoms with Gasteiger partial charge in [0.2, 0.25) is 0 Å². The summed E-state index contributed by atoms with van der Waals surface area (Å²) < 4.78 is 32.9. The number of anilines is 1. The fourth-order valence-electron chi connectivity index (χ4n) is 2.19. The first kappa shape index (κ1) is 17.0. The summed E-state index contributed by atoms with van der Waals surface area (Å²) in [6, 6.07) is 7.93. The Morgan fingerprint density at radius 2 is 1.92 bits per heavy atom. The van der Waals surface area contributed by atoms with Gasteiger partial charge in [-0.2, -0.15) is 0 Å². The third kappa shape index (κ3) is 3.48. The van der Waals surface area contributed by atoms with Crippen LogP contribution in [0.1, 0.15) is 27.6 Å². The highest BCUT2D eigenvalue weighted by Crippen LogP contribution is 2.28. The molecule has 3 aromatic rings. The van der Waals surface area contributed by atoms with Crippen molar-refractivity contribution in [1.82, 2.24) is 4.98 Å². The van der Waals surface area contributed by atoms with Gasteiger partial charge in [0, 0.05) is 0 Å². The molecule has 0 radical (unpaired) electrons. The van der Waals surface area contributed by atoms with E-state index in [-0.39, 0.29) is 11.7 Å². The summed E-state index contributed by atoms with van der Waals surface area (Å²) in [5.41, 5.74) is 0.229. The lowest BCUT2D eigenvalue weighted by Gasteiger charge is -2.03. The van der Waals surface area contributed by atoms with Crippen molar-refractivity contribution in [2.45, 2.75) is 6.92 Å². The number of hydrogen-bond donors (Lipinski definition) is 1. The number of carbonyl (C=O) groups excluding carboxylic acids is 2. The van der Waals surface area contributed by atoms with Crippen molar-refractivity contribution in [2.75, 3.05) is 11.9 Å². The summed E-state index contributed by atoms with van der Waals surface area (Å²) in [6.45, 7) is 1.97. The lowest BCUT2D eigenvalue weighted by atomic mass is 10.2. The fourth-order valence-corrected chi connectivity index (χ4v) is 3.09. The Labute approximate surface area is 145 Å². The molecule has 1 aromatic heterocycles. The quantitative estimate of drug-likeness (QED) is 0.712. The number of carbonyl (C=O) groups is 2. The highest BCUT2D eigenvalue weighted by molar-refractivity contribution is 7.22. The van der Waals surface area contributed by atoms with Crippen LogP contribution >= 0.6 is 11.3 Å². The Balaban J connectivity index is 1.87. The maximum Gasteiger partial charge on any atom is 0.338 e. The molecular formula is C17H12F2N2O3S. The van der Waals surface area contributed by atoms with Gasteiger partial charge in [0.05, 0.1) is 22.4 Å². The smallest absolute Gasteiger partial charge is 0.338 e. The molecule has 0 aliphatic carbocycles. The van der Waals surface area contributed by atoms with E-state index in [9.17, 15) is 18.4 Å². The second kappa shape index (κ2) is 6.94. The van der Waals surface area contributed by atoms with Gasteiger partial charge in [0.15, 0.2) is 5.13 Å². The standard InChI is InChI=1S/C17H12F2N2O3S/c1-2-24-16(23)9-6-7-12-13(8-9)25-17(20-12)21-15(22)14-10(18)4-3-5-11(14)19/h3-8H,2H2,1H3,(H,20,21,22). The Hall–Kier alpha value is -2.87. The van der Waals surface area contributed by atoms with E-state index in [1.807, 2.05) is 0 Å². The van der Waals surface area contributed by atoms with Crippen LogP contribution in [0.2, 0.25) is 0 Å². The van der Waals surface area contributed by atoms with Crippen LogP contribution in [0.3, 0.4) is 0 Å². The summed E-state index contributed by atoms with van der Waals surface area (Å²) in [5, 5.41) is 2.55. The molecule has 0 fully saturated rings. The molecule has 0 saturated carbocycles. The molecule has 5 nitrogen and oxygen atoms in total. The Kier molecular flexibility index (Phi) is 4.71. The summed E-state index contributed by atoms with van der Waals surface area (Å²) in [4.78, 5) is 28.0. The molecule has 0 saturated heterocycles. The third-order valence-electron chi connectivity index (χ3n) is 3.31. The minimum atomic E-state index is -0.955. The molecule has 3 rings (SSSR count). The van der Waals surface area contributed by atoms with Crippen LogP contribution in [0.4, 0.5) is 13.9 Å². The second-order valence-electron chi connectivity index (χ2n) is 4.97. The van der Waals surface area contributed by atoms with Crippen LogP contribution in [-0.2, 0) is 4.74 Å². The summed E-state index contributed by atoms with van der Waals surface area (Å²) >= 11 is 1.09. The van der Waals surface area contributed by atoms with Gasteiger partial charge in [-0.05, 0) is 37.3 Å². The highest BCUT2D eigenvalue weighted by atomic mass is 32.1. The topological polar surface area (TPSA) is 68.3 Å². The van der Waals surface area contributed by atoms with Gasteiger partial charge >= 0.3 is 5.97 Å². The lowest BCUT2D eigenvalue weighted by Crippen LogP contribution is -2.15. The Morgan fingerprint density at radius 1 is 1.20 bits per heavy atom. The van der Waals surface area contributed by atoms with Crippen molar-refractivity contribution in [2.24, 2.45) is 0 Å². The molecule has 0 unspecified atom stereocenters. The zero-order valence-corrected chi connectivity index (χ0v) is 13.8. The predicted octanol–water partition coefficient (Wildman–Crippen LogP) is 4.00. The number of thiazole rings is 1. The van der Waals surface area contributed by atoms with Crippen LogP contribution in [0.25, 0.3) is 10.2 Å². The summed E-state index contributed by atoms with van der Waals surface area (Å²) in [5.74, 6) is -3.30. The molecule has 0 aliphatic rings. The number of hydrogen-bond acceptors (Lipinski definition) is 5. The van der Waals surface area contributed by atoms with Crippen molar-refractivity contribution in [3.63, 3.8) is 0 Å². The molecule has 2 aromatic carbocycles. The first-order valence-corrected chi connectivity index (χ1v) is 8.14. The van der Waals surface area contributed by atoms with Gasteiger partial charge in [0.25, 0.3) is 5.91 Å². The van der Waals surface area contributed by atoms with Crippen molar-refractivity contribution in [3.05, 3.63) is 59.2 Å². The summed E-state index contributed by atoms with van der Waals surface area (Å²) in [6.07, 6.45) is 0. The van der Waals surface area contributed by atoms with Crippen LogP contribution in [0.5, 0.6) is 0 Å². The van der Waals surface area contributed by atoms with Gasteiger partial charge in [-0.3, -0.25) is 10.1 Å². The lowest BCUT2D eigenvalue weighted by molar-refractivity contribution is 0.0526. The number of halogens is 2. The normalized spacial score (nSPS) is 10.7. The SMILES string of the molecule is CCOC(=O)c1ccc2nc(NC(=O)c3c(F)cccc3F)sc2c1. The fraction of sp³-hybridized carbons (Fsp3) is 0.118. The zero-order chi connectivity index (χ0) is 18.0. The number of rotatable bonds is 4. The molecule has 0 aliphatic heterocycles. The number of amides is 1. The number of esters is 1. The minimum absolute atomic E-state index is 0.170. The number of benzene rings is 2. The number of fused-ring (bicyclic) bond motifs is 1. The minimum Gasteiger partial charge on any atom is -0.462 e. The number of nitrogens with zero attached hydrogens (tertiary/aromatic N) is 1. The van der Waals surface area contributed by atoms with E-state index >= 15 is 0 Å². The molecule has 0 bridgehead atoms. The number of nitrogens with one attached hydrogen (secondary N) is 1. The maximum absolute atomic E-state index is 13.7. The predicted molar refractivity (Wildman–Crippen MR) is 89.9 cm³/mol. The molecule has 8 heteroatoms. The van der Waals surface area contributed by atoms with Gasteiger partial charge < -0.3 is 4.74 Å². The van der Waals surface area contributed by atoms with Crippen LogP contribution in [0, 0.1) is 11.6 Å². The Morgan fingerprint density at radius 3 is 2.60 bits per heavy atom. The van der Waals surface area contributed by atoms with E-state index in [2.05, 4.69) is 10.3 Å². The molecule has 128 valence electrons. The summed E-state index contributed by atoms with van der Waals surface area (Å²) in [7, 11) is 0. The van der Waals surface area contributed by atoms with Crippen molar-refractivity contribution in [3.8, 4) is 0 Å². The first-order valence-electron chi connectivity index (χ1n) is 7.32. The zero-order valence-electron chi connectivity index (χ0n) is 13.0.